The third-order valence-electron chi connectivity index (χ3n) is 4.02. The van der Waals surface area contributed by atoms with E-state index in [1.54, 1.807) is 0 Å². The minimum Gasteiger partial charge on any atom is -0.314 e. The maximum absolute atomic E-state index is 3.57. The SMILES string of the molecule is CCNC1CCN(C(C)Cc2ccccc2)CC1. The number of likely N-dealkylation sites (tertiary alicyclic amines) is 1. The second-order valence-electron chi connectivity index (χ2n) is 5.41. The summed E-state index contributed by atoms with van der Waals surface area (Å²) in [7, 11) is 0. The molecule has 0 saturated carbocycles. The molecular formula is C16H26N2. The molecule has 0 aliphatic carbocycles. The van der Waals surface area contributed by atoms with Gasteiger partial charge in [-0.15, -0.1) is 0 Å². The zero-order valence-corrected chi connectivity index (χ0v) is 11.7. The number of nitrogens with one attached hydrogen (secondary N) is 1. The van der Waals surface area contributed by atoms with E-state index >= 15 is 0 Å². The van der Waals surface area contributed by atoms with Crippen molar-refractivity contribution < 1.29 is 0 Å². The summed E-state index contributed by atoms with van der Waals surface area (Å²) in [6, 6.07) is 12.3. The summed E-state index contributed by atoms with van der Waals surface area (Å²) in [6.45, 7) is 8.15. The summed E-state index contributed by atoms with van der Waals surface area (Å²) in [6.07, 6.45) is 3.77. The molecule has 1 N–H and O–H groups in total. The van der Waals surface area contributed by atoms with Crippen molar-refractivity contribution in [1.82, 2.24) is 10.2 Å². The lowest BCUT2D eigenvalue weighted by atomic mass is 10.0. The monoisotopic (exact) mass is 246 g/mol. The van der Waals surface area contributed by atoms with Crippen LogP contribution in [0.15, 0.2) is 30.3 Å². The highest BCUT2D eigenvalue weighted by atomic mass is 15.2. The maximum Gasteiger partial charge on any atom is 0.0107 e. The molecule has 0 spiro atoms. The van der Waals surface area contributed by atoms with Crippen molar-refractivity contribution in [1.29, 1.82) is 0 Å². The van der Waals surface area contributed by atoms with Gasteiger partial charge >= 0.3 is 0 Å². The Morgan fingerprint density at radius 1 is 1.22 bits per heavy atom. The molecule has 100 valence electrons. The molecule has 1 unspecified atom stereocenters. The Bertz CT molecular complexity index is 328. The molecule has 0 amide bonds. The highest BCUT2D eigenvalue weighted by Crippen LogP contribution is 2.16. The van der Waals surface area contributed by atoms with Crippen molar-refractivity contribution in [2.24, 2.45) is 0 Å². The molecule has 0 aromatic heterocycles. The first kappa shape index (κ1) is 13.6. The van der Waals surface area contributed by atoms with Crippen LogP contribution in [0.5, 0.6) is 0 Å². The Hall–Kier alpha value is -0.860. The van der Waals surface area contributed by atoms with Gasteiger partial charge in [0, 0.05) is 12.1 Å². The summed E-state index contributed by atoms with van der Waals surface area (Å²) >= 11 is 0. The Morgan fingerprint density at radius 3 is 2.50 bits per heavy atom. The normalized spacial score (nSPS) is 19.9. The van der Waals surface area contributed by atoms with Gasteiger partial charge in [0.15, 0.2) is 0 Å². The molecule has 18 heavy (non-hydrogen) atoms. The number of nitrogens with zero attached hydrogens (tertiary/aromatic N) is 1. The number of piperidine rings is 1. The molecule has 1 fully saturated rings. The number of hydrogen-bond acceptors (Lipinski definition) is 2. The fourth-order valence-corrected chi connectivity index (χ4v) is 2.92. The van der Waals surface area contributed by atoms with Crippen LogP contribution in [0.4, 0.5) is 0 Å². The zero-order valence-electron chi connectivity index (χ0n) is 11.7. The van der Waals surface area contributed by atoms with Crippen LogP contribution in [0, 0.1) is 0 Å². The lowest BCUT2D eigenvalue weighted by Gasteiger charge is -2.36. The quantitative estimate of drug-likeness (QED) is 0.859. The van der Waals surface area contributed by atoms with Crippen LogP contribution in [-0.2, 0) is 6.42 Å². The molecule has 1 aliphatic heterocycles. The summed E-state index contributed by atoms with van der Waals surface area (Å²) in [4.78, 5) is 2.64. The van der Waals surface area contributed by atoms with Crippen molar-refractivity contribution in [3.05, 3.63) is 35.9 Å². The first-order valence-corrected chi connectivity index (χ1v) is 7.31. The van der Waals surface area contributed by atoms with E-state index in [9.17, 15) is 0 Å². The van der Waals surface area contributed by atoms with Crippen LogP contribution >= 0.6 is 0 Å². The van der Waals surface area contributed by atoms with E-state index in [2.05, 4.69) is 54.4 Å². The minimum atomic E-state index is 0.662. The average molecular weight is 246 g/mol. The molecule has 1 aliphatic rings. The Balaban J connectivity index is 1.79. The van der Waals surface area contributed by atoms with E-state index in [4.69, 9.17) is 0 Å². The third-order valence-corrected chi connectivity index (χ3v) is 4.02. The molecule has 2 nitrogen and oxygen atoms in total. The van der Waals surface area contributed by atoms with E-state index < -0.39 is 0 Å². The largest absolute Gasteiger partial charge is 0.314 e. The summed E-state index contributed by atoms with van der Waals surface area (Å²) in [5.41, 5.74) is 1.46. The second kappa shape index (κ2) is 6.91. The van der Waals surface area contributed by atoms with E-state index in [1.807, 2.05) is 0 Å². The van der Waals surface area contributed by atoms with Gasteiger partial charge in [-0.2, -0.15) is 0 Å². The van der Waals surface area contributed by atoms with E-state index in [0.717, 1.165) is 12.6 Å². The van der Waals surface area contributed by atoms with Gasteiger partial charge in [0.25, 0.3) is 0 Å². The van der Waals surface area contributed by atoms with Gasteiger partial charge in [0.1, 0.15) is 0 Å². The van der Waals surface area contributed by atoms with Crippen molar-refractivity contribution >= 4 is 0 Å². The highest BCUT2D eigenvalue weighted by Gasteiger charge is 2.21. The molecule has 0 bridgehead atoms. The first-order valence-electron chi connectivity index (χ1n) is 7.31. The molecule has 1 atom stereocenters. The Labute approximate surface area is 111 Å². The van der Waals surface area contributed by atoms with Crippen LogP contribution in [-0.4, -0.2) is 36.6 Å². The van der Waals surface area contributed by atoms with Crippen molar-refractivity contribution in [3.63, 3.8) is 0 Å². The fraction of sp³-hybridized carbons (Fsp3) is 0.625. The molecule has 1 aromatic rings. The standard InChI is InChI=1S/C16H26N2/c1-3-17-16-9-11-18(12-10-16)14(2)13-15-7-5-4-6-8-15/h4-8,14,16-17H,3,9-13H2,1-2H3. The van der Waals surface area contributed by atoms with Gasteiger partial charge in [0.2, 0.25) is 0 Å². The molecular weight excluding hydrogens is 220 g/mol. The maximum atomic E-state index is 3.57. The van der Waals surface area contributed by atoms with Gasteiger partial charge in [-0.1, -0.05) is 37.3 Å². The third kappa shape index (κ3) is 3.82. The average Bonchev–Trinajstić information content (AvgIpc) is 2.41. The van der Waals surface area contributed by atoms with Crippen LogP contribution in [0.25, 0.3) is 0 Å². The van der Waals surface area contributed by atoms with Gasteiger partial charge in [-0.05, 0) is 51.4 Å². The Kier molecular flexibility index (Phi) is 5.21. The number of hydrogen-bond donors (Lipinski definition) is 1. The summed E-state index contributed by atoms with van der Waals surface area (Å²) < 4.78 is 0. The van der Waals surface area contributed by atoms with Crippen molar-refractivity contribution in [3.8, 4) is 0 Å². The smallest absolute Gasteiger partial charge is 0.0107 e. The van der Waals surface area contributed by atoms with Crippen LogP contribution in [0.2, 0.25) is 0 Å². The zero-order chi connectivity index (χ0) is 12.8. The lowest BCUT2D eigenvalue weighted by Crippen LogP contribution is -2.46. The number of benzene rings is 1. The molecule has 2 heteroatoms. The van der Waals surface area contributed by atoms with Gasteiger partial charge < -0.3 is 10.2 Å². The highest BCUT2D eigenvalue weighted by molar-refractivity contribution is 5.15. The lowest BCUT2D eigenvalue weighted by molar-refractivity contribution is 0.152. The van der Waals surface area contributed by atoms with E-state index in [-0.39, 0.29) is 0 Å². The van der Waals surface area contributed by atoms with Crippen molar-refractivity contribution in [2.45, 2.75) is 45.2 Å². The fourth-order valence-electron chi connectivity index (χ4n) is 2.92. The van der Waals surface area contributed by atoms with Crippen LogP contribution in [0.3, 0.4) is 0 Å². The molecule has 1 aromatic carbocycles. The molecule has 1 saturated heterocycles. The van der Waals surface area contributed by atoms with Crippen molar-refractivity contribution in [2.75, 3.05) is 19.6 Å². The first-order chi connectivity index (χ1) is 8.79. The summed E-state index contributed by atoms with van der Waals surface area (Å²) in [5, 5.41) is 3.57. The minimum absolute atomic E-state index is 0.662. The molecule has 2 rings (SSSR count). The molecule has 0 radical (unpaired) electrons. The van der Waals surface area contributed by atoms with Gasteiger partial charge in [0.05, 0.1) is 0 Å². The Morgan fingerprint density at radius 2 is 1.89 bits per heavy atom. The number of rotatable bonds is 5. The van der Waals surface area contributed by atoms with Gasteiger partial charge in [-0.25, -0.2) is 0 Å². The predicted octanol–water partition coefficient (Wildman–Crippen LogP) is 2.69. The van der Waals surface area contributed by atoms with Crippen LogP contribution in [0.1, 0.15) is 32.3 Å². The van der Waals surface area contributed by atoms with Crippen LogP contribution < -0.4 is 5.32 Å². The predicted molar refractivity (Wildman–Crippen MR) is 77.9 cm³/mol. The van der Waals surface area contributed by atoms with Gasteiger partial charge in [-0.3, -0.25) is 0 Å². The molecule has 1 heterocycles. The van der Waals surface area contributed by atoms with E-state index in [1.165, 1.54) is 37.9 Å². The summed E-state index contributed by atoms with van der Waals surface area (Å²) in [5.74, 6) is 0. The topological polar surface area (TPSA) is 15.3 Å². The second-order valence-corrected chi connectivity index (χ2v) is 5.41. The van der Waals surface area contributed by atoms with E-state index in [0.29, 0.717) is 6.04 Å².